The normalized spacial score (nSPS) is 15.3. The van der Waals surface area contributed by atoms with Crippen LogP contribution in [-0.2, 0) is 9.53 Å². The number of aromatic nitrogens is 1. The van der Waals surface area contributed by atoms with Gasteiger partial charge in [0.05, 0.1) is 5.60 Å². The van der Waals surface area contributed by atoms with Crippen LogP contribution in [0, 0.1) is 19.8 Å². The first-order valence-electron chi connectivity index (χ1n) is 11.2. The predicted molar refractivity (Wildman–Crippen MR) is 130 cm³/mol. The lowest BCUT2D eigenvalue weighted by Gasteiger charge is -2.30. The minimum absolute atomic E-state index is 0.266. The van der Waals surface area contributed by atoms with Crippen molar-refractivity contribution >= 4 is 23.5 Å². The van der Waals surface area contributed by atoms with Crippen LogP contribution in [0.5, 0.6) is 0 Å². The molecule has 0 radical (unpaired) electrons. The quantitative estimate of drug-likeness (QED) is 0.525. The van der Waals surface area contributed by atoms with Crippen molar-refractivity contribution in [1.29, 1.82) is 0 Å². The van der Waals surface area contributed by atoms with Crippen LogP contribution in [0.4, 0.5) is 0 Å². The summed E-state index contributed by atoms with van der Waals surface area (Å²) in [5, 5.41) is 13.8. The van der Waals surface area contributed by atoms with Gasteiger partial charge in [-0.15, -0.1) is 0 Å². The molecule has 0 unspecified atom stereocenters. The van der Waals surface area contributed by atoms with Crippen molar-refractivity contribution < 1.29 is 19.4 Å². The van der Waals surface area contributed by atoms with E-state index in [-0.39, 0.29) is 17.1 Å². The third-order valence-corrected chi connectivity index (χ3v) is 6.26. The highest BCUT2D eigenvalue weighted by molar-refractivity contribution is 6.30. The highest BCUT2D eigenvalue weighted by Gasteiger charge is 2.40. The molecule has 0 saturated heterocycles. The summed E-state index contributed by atoms with van der Waals surface area (Å²) in [4.78, 5) is 30.2. The fourth-order valence-corrected chi connectivity index (χ4v) is 4.31. The van der Waals surface area contributed by atoms with Crippen LogP contribution < -0.4 is 5.32 Å². The van der Waals surface area contributed by atoms with Crippen molar-refractivity contribution in [2.75, 3.05) is 0 Å². The Balaban J connectivity index is 2.21. The molecule has 1 fully saturated rings. The van der Waals surface area contributed by atoms with Crippen LogP contribution in [0.1, 0.15) is 80.9 Å². The molecule has 7 heteroatoms. The second-order valence-electron chi connectivity index (χ2n) is 10.4. The Labute approximate surface area is 200 Å². The summed E-state index contributed by atoms with van der Waals surface area (Å²) in [6, 6.07) is 7.12. The number of aliphatic carboxylic acids is 1. The fourth-order valence-electron chi connectivity index (χ4n) is 4.19. The number of carboxylic acid groups (broad SMARTS) is 1. The van der Waals surface area contributed by atoms with Gasteiger partial charge >= 0.3 is 5.97 Å². The summed E-state index contributed by atoms with van der Waals surface area (Å²) in [6.07, 6.45) is 0.942. The van der Waals surface area contributed by atoms with Gasteiger partial charge in [0.1, 0.15) is 5.69 Å². The van der Waals surface area contributed by atoms with Crippen LogP contribution >= 0.6 is 11.6 Å². The number of halogens is 1. The highest BCUT2D eigenvalue weighted by Crippen LogP contribution is 2.41. The maximum atomic E-state index is 13.3. The molecule has 3 rings (SSSR count). The summed E-state index contributed by atoms with van der Waals surface area (Å²) in [5.74, 6) is -0.927. The van der Waals surface area contributed by atoms with E-state index in [1.807, 2.05) is 46.8 Å². The van der Waals surface area contributed by atoms with Crippen molar-refractivity contribution in [2.24, 2.45) is 5.92 Å². The van der Waals surface area contributed by atoms with Crippen LogP contribution in [0.2, 0.25) is 5.02 Å². The lowest BCUT2D eigenvalue weighted by atomic mass is 9.89. The number of benzene rings is 1. The number of nitrogens with one attached hydrogen (secondary N) is 1. The molecule has 1 aromatic carbocycles. The third-order valence-electron chi connectivity index (χ3n) is 6.01. The average molecular weight is 473 g/mol. The van der Waals surface area contributed by atoms with E-state index in [2.05, 4.69) is 10.3 Å². The number of carbonyl (C=O) groups is 2. The van der Waals surface area contributed by atoms with E-state index in [0.29, 0.717) is 33.3 Å². The molecular formula is C26H33ClN2O4. The zero-order chi connectivity index (χ0) is 24.7. The molecule has 2 N–H and O–H groups in total. The zero-order valence-electron chi connectivity index (χ0n) is 20.4. The molecule has 33 heavy (non-hydrogen) atoms. The Morgan fingerprint density at radius 1 is 1.12 bits per heavy atom. The highest BCUT2D eigenvalue weighted by atomic mass is 35.5. The number of rotatable bonds is 7. The summed E-state index contributed by atoms with van der Waals surface area (Å²) >= 11 is 6.10. The monoisotopic (exact) mass is 472 g/mol. The van der Waals surface area contributed by atoms with Crippen molar-refractivity contribution in [3.63, 3.8) is 0 Å². The maximum absolute atomic E-state index is 13.3. The van der Waals surface area contributed by atoms with Crippen molar-refractivity contribution in [3.8, 4) is 11.1 Å². The van der Waals surface area contributed by atoms with Gasteiger partial charge in [0.2, 0.25) is 0 Å². The Kier molecular flexibility index (Phi) is 6.92. The van der Waals surface area contributed by atoms with Crippen molar-refractivity contribution in [3.05, 3.63) is 51.8 Å². The maximum Gasteiger partial charge on any atom is 0.337 e. The van der Waals surface area contributed by atoms with Gasteiger partial charge < -0.3 is 15.2 Å². The largest absolute Gasteiger partial charge is 0.479 e. The minimum atomic E-state index is -1.25. The second-order valence-corrected chi connectivity index (χ2v) is 10.8. The number of hydrogen-bond donors (Lipinski definition) is 2. The zero-order valence-corrected chi connectivity index (χ0v) is 21.1. The molecule has 1 aliphatic rings. The number of aryl methyl sites for hydroxylation is 1. The van der Waals surface area contributed by atoms with Crippen molar-refractivity contribution in [2.45, 2.75) is 78.6 Å². The number of amides is 1. The van der Waals surface area contributed by atoms with E-state index in [1.165, 1.54) is 0 Å². The lowest BCUT2D eigenvalue weighted by molar-refractivity contribution is -0.160. The van der Waals surface area contributed by atoms with Crippen LogP contribution in [0.15, 0.2) is 24.3 Å². The molecule has 1 atom stereocenters. The van der Waals surface area contributed by atoms with E-state index in [1.54, 1.807) is 26.0 Å². The number of carboxylic acids is 1. The summed E-state index contributed by atoms with van der Waals surface area (Å²) in [7, 11) is 0. The molecule has 0 bridgehead atoms. The Morgan fingerprint density at radius 3 is 2.18 bits per heavy atom. The first kappa shape index (κ1) is 25.2. The number of carbonyl (C=O) groups excluding carboxylic acids is 1. The number of hydrogen-bond acceptors (Lipinski definition) is 4. The SMILES string of the molecule is Cc1nc(C(=O)NC(C)(C)C2CC2)c(C)c(-c2ccc(Cl)cc2)c1[C@H](OC(C)(C)C)C(=O)O. The summed E-state index contributed by atoms with van der Waals surface area (Å²) in [5.41, 5.74) is 2.11. The molecule has 1 aliphatic carbocycles. The topological polar surface area (TPSA) is 88.5 Å². The third kappa shape index (κ3) is 5.74. The van der Waals surface area contributed by atoms with Gasteiger partial charge in [-0.05, 0) is 96.0 Å². The fraction of sp³-hybridized carbons (Fsp3) is 0.500. The Morgan fingerprint density at radius 2 is 1.70 bits per heavy atom. The molecule has 0 aliphatic heterocycles. The molecular weight excluding hydrogens is 440 g/mol. The Bertz CT molecular complexity index is 1070. The van der Waals surface area contributed by atoms with Gasteiger partial charge in [0.25, 0.3) is 5.91 Å². The average Bonchev–Trinajstić information content (AvgIpc) is 3.53. The van der Waals surface area contributed by atoms with Crippen LogP contribution in [0.25, 0.3) is 11.1 Å². The van der Waals surface area contributed by atoms with Gasteiger partial charge in [-0.3, -0.25) is 4.79 Å². The number of ether oxygens (including phenoxy) is 1. The lowest BCUT2D eigenvalue weighted by Crippen LogP contribution is -2.45. The number of nitrogens with zero attached hydrogens (tertiary/aromatic N) is 1. The molecule has 1 aromatic heterocycles. The molecule has 1 saturated carbocycles. The summed E-state index contributed by atoms with van der Waals surface area (Å²) in [6.45, 7) is 13.0. The van der Waals surface area contributed by atoms with Crippen LogP contribution in [0.3, 0.4) is 0 Å². The molecule has 0 spiro atoms. The number of pyridine rings is 1. The first-order valence-corrected chi connectivity index (χ1v) is 11.6. The van der Waals surface area contributed by atoms with Gasteiger partial charge in [-0.2, -0.15) is 0 Å². The predicted octanol–water partition coefficient (Wildman–Crippen LogP) is 5.88. The van der Waals surface area contributed by atoms with Crippen LogP contribution in [-0.4, -0.2) is 33.1 Å². The van der Waals surface area contributed by atoms with Gasteiger partial charge in [-0.1, -0.05) is 23.7 Å². The molecule has 178 valence electrons. The molecule has 2 aromatic rings. The smallest absolute Gasteiger partial charge is 0.337 e. The van der Waals surface area contributed by atoms with E-state index in [0.717, 1.165) is 18.4 Å². The molecule has 1 amide bonds. The first-order chi connectivity index (χ1) is 15.2. The molecule has 6 nitrogen and oxygen atoms in total. The van der Waals surface area contributed by atoms with Crippen molar-refractivity contribution in [1.82, 2.24) is 10.3 Å². The van der Waals surface area contributed by atoms with E-state index in [9.17, 15) is 14.7 Å². The van der Waals surface area contributed by atoms with Gasteiger partial charge in [0, 0.05) is 21.8 Å². The standard InChI is InChI=1S/C26H33ClN2O4/c1-14-19(16-8-12-18(27)13-9-16)20(22(24(31)32)33-25(3,4)5)15(2)28-21(14)23(30)29-26(6,7)17-10-11-17/h8-9,12-13,17,22H,10-11H2,1-7H3,(H,29,30)(H,31,32)/t22-/m0/s1. The van der Waals surface area contributed by atoms with Gasteiger partial charge in [0.15, 0.2) is 6.10 Å². The summed E-state index contributed by atoms with van der Waals surface area (Å²) < 4.78 is 5.96. The van der Waals surface area contributed by atoms with Gasteiger partial charge in [-0.25, -0.2) is 9.78 Å². The van der Waals surface area contributed by atoms with E-state index >= 15 is 0 Å². The molecule has 1 heterocycles. The van der Waals surface area contributed by atoms with E-state index in [4.69, 9.17) is 16.3 Å². The Hall–Kier alpha value is -2.44. The van der Waals surface area contributed by atoms with E-state index < -0.39 is 17.7 Å². The second kappa shape index (κ2) is 9.07. The minimum Gasteiger partial charge on any atom is -0.479 e.